The maximum Gasteiger partial charge on any atom is 0.209 e. The highest BCUT2D eigenvalue weighted by Gasteiger charge is 2.37. The van der Waals surface area contributed by atoms with E-state index in [0.29, 0.717) is 25.8 Å². The highest BCUT2D eigenvalue weighted by Crippen LogP contribution is 2.31. The summed E-state index contributed by atoms with van der Waals surface area (Å²) >= 11 is 0. The molecule has 4 rings (SSSR count). The van der Waals surface area contributed by atoms with Gasteiger partial charge in [0.25, 0.3) is 0 Å². The van der Waals surface area contributed by atoms with E-state index in [1.165, 1.54) is 5.56 Å². The average Bonchev–Trinajstić information content (AvgIpc) is 3.26. The van der Waals surface area contributed by atoms with Crippen molar-refractivity contribution in [2.75, 3.05) is 19.8 Å². The van der Waals surface area contributed by atoms with Crippen LogP contribution in [0.2, 0.25) is 0 Å². The van der Waals surface area contributed by atoms with Crippen molar-refractivity contribution < 1.29 is 14.3 Å². The van der Waals surface area contributed by atoms with E-state index in [-0.39, 0.29) is 12.0 Å². The summed E-state index contributed by atoms with van der Waals surface area (Å²) in [6.07, 6.45) is 4.56. The molecule has 0 radical (unpaired) electrons. The summed E-state index contributed by atoms with van der Waals surface area (Å²) in [6, 6.07) is 8.55. The van der Waals surface area contributed by atoms with Crippen LogP contribution in [-0.2, 0) is 11.3 Å². The molecule has 2 fully saturated rings. The van der Waals surface area contributed by atoms with Crippen LogP contribution in [0.4, 0.5) is 0 Å². The monoisotopic (exact) mass is 342 g/mol. The summed E-state index contributed by atoms with van der Waals surface area (Å²) in [5.74, 6) is 1.77. The van der Waals surface area contributed by atoms with Crippen molar-refractivity contribution >= 4 is 0 Å². The van der Waals surface area contributed by atoms with E-state index in [0.717, 1.165) is 43.0 Å². The summed E-state index contributed by atoms with van der Waals surface area (Å²) < 4.78 is 11.6. The molecule has 3 atom stereocenters. The van der Waals surface area contributed by atoms with Crippen LogP contribution in [0.5, 0.6) is 0 Å². The standard InChI is InChI=1S/C20H26N2O3/c1-14-5-2-3-6-15(14)19-11-21-20(25-19)12-22-9-4-7-17(22)16-13-24-10-8-18(16)23/h2-3,5-6,11,16-18,23H,4,7-10,12-13H2,1H3/t16-,17-,18+/m1/s1. The Morgan fingerprint density at radius 1 is 1.28 bits per heavy atom. The van der Waals surface area contributed by atoms with E-state index < -0.39 is 0 Å². The largest absolute Gasteiger partial charge is 0.439 e. The number of hydrogen-bond acceptors (Lipinski definition) is 5. The first-order valence-electron chi connectivity index (χ1n) is 9.23. The third-order valence-electron chi connectivity index (χ3n) is 5.57. The number of rotatable bonds is 4. The molecular formula is C20H26N2O3. The van der Waals surface area contributed by atoms with Crippen molar-refractivity contribution in [1.82, 2.24) is 9.88 Å². The molecule has 1 aromatic carbocycles. The summed E-state index contributed by atoms with van der Waals surface area (Å²) in [4.78, 5) is 6.89. The SMILES string of the molecule is Cc1ccccc1-c1cnc(CN2CCC[C@@H]2[C@H]2COCC[C@@H]2O)o1. The molecule has 1 aromatic heterocycles. The van der Waals surface area contributed by atoms with Crippen LogP contribution in [0.25, 0.3) is 11.3 Å². The van der Waals surface area contributed by atoms with Crippen LogP contribution in [0, 0.1) is 12.8 Å². The number of aryl methyl sites for hydroxylation is 1. The van der Waals surface area contributed by atoms with Crippen molar-refractivity contribution in [2.45, 2.75) is 44.9 Å². The van der Waals surface area contributed by atoms with Gasteiger partial charge in [0.1, 0.15) is 0 Å². The third-order valence-corrected chi connectivity index (χ3v) is 5.57. The van der Waals surface area contributed by atoms with Crippen LogP contribution in [0.1, 0.15) is 30.7 Å². The Hall–Kier alpha value is -1.69. The van der Waals surface area contributed by atoms with Gasteiger partial charge in [-0.1, -0.05) is 24.3 Å². The minimum Gasteiger partial charge on any atom is -0.439 e. The summed E-state index contributed by atoms with van der Waals surface area (Å²) in [6.45, 7) is 5.13. The second-order valence-electron chi connectivity index (χ2n) is 7.21. The third kappa shape index (κ3) is 3.50. The van der Waals surface area contributed by atoms with E-state index in [1.807, 2.05) is 18.3 Å². The van der Waals surface area contributed by atoms with Crippen molar-refractivity contribution in [3.05, 3.63) is 41.9 Å². The van der Waals surface area contributed by atoms with E-state index in [1.54, 1.807) is 0 Å². The Balaban J connectivity index is 1.47. The molecule has 2 aromatic rings. The molecule has 5 nitrogen and oxygen atoms in total. The van der Waals surface area contributed by atoms with Gasteiger partial charge in [-0.15, -0.1) is 0 Å². The Bertz CT molecular complexity index is 714. The molecule has 0 aliphatic carbocycles. The first-order chi connectivity index (χ1) is 12.2. The lowest BCUT2D eigenvalue weighted by molar-refractivity contribution is -0.0643. The molecule has 0 bridgehead atoms. The normalized spacial score (nSPS) is 27.7. The van der Waals surface area contributed by atoms with Gasteiger partial charge in [-0.25, -0.2) is 4.98 Å². The number of nitrogens with zero attached hydrogens (tertiary/aromatic N) is 2. The van der Waals surface area contributed by atoms with Crippen molar-refractivity contribution in [1.29, 1.82) is 0 Å². The maximum atomic E-state index is 10.4. The lowest BCUT2D eigenvalue weighted by Gasteiger charge is -2.36. The number of aliphatic hydroxyl groups is 1. The van der Waals surface area contributed by atoms with Crippen molar-refractivity contribution in [3.8, 4) is 11.3 Å². The zero-order valence-corrected chi connectivity index (χ0v) is 14.7. The number of aromatic nitrogens is 1. The molecule has 2 saturated heterocycles. The Morgan fingerprint density at radius 3 is 3.00 bits per heavy atom. The van der Waals surface area contributed by atoms with Gasteiger partial charge >= 0.3 is 0 Å². The molecule has 1 N–H and O–H groups in total. The van der Waals surface area contributed by atoms with E-state index in [9.17, 15) is 5.11 Å². The van der Waals surface area contributed by atoms with Gasteiger partial charge in [0.05, 0.1) is 25.5 Å². The van der Waals surface area contributed by atoms with E-state index in [2.05, 4.69) is 28.9 Å². The van der Waals surface area contributed by atoms with Gasteiger partial charge in [-0.2, -0.15) is 0 Å². The summed E-state index contributed by atoms with van der Waals surface area (Å²) in [5.41, 5.74) is 2.28. The molecule has 0 amide bonds. The molecule has 25 heavy (non-hydrogen) atoms. The Labute approximate surface area is 148 Å². The molecule has 0 unspecified atom stereocenters. The van der Waals surface area contributed by atoms with Crippen molar-refractivity contribution in [3.63, 3.8) is 0 Å². The Morgan fingerprint density at radius 2 is 2.16 bits per heavy atom. The summed E-state index contributed by atoms with van der Waals surface area (Å²) in [5, 5.41) is 10.4. The lowest BCUT2D eigenvalue weighted by Crippen LogP contribution is -2.45. The minimum atomic E-state index is -0.258. The molecule has 3 heterocycles. The molecule has 2 aliphatic rings. The van der Waals surface area contributed by atoms with Crippen LogP contribution >= 0.6 is 0 Å². The van der Waals surface area contributed by atoms with Crippen LogP contribution < -0.4 is 0 Å². The van der Waals surface area contributed by atoms with Gasteiger partial charge in [-0.3, -0.25) is 4.90 Å². The highest BCUT2D eigenvalue weighted by molar-refractivity contribution is 5.60. The number of likely N-dealkylation sites (tertiary alicyclic amines) is 1. The maximum absolute atomic E-state index is 10.4. The number of aliphatic hydroxyl groups excluding tert-OH is 1. The van der Waals surface area contributed by atoms with E-state index in [4.69, 9.17) is 9.15 Å². The zero-order valence-electron chi connectivity index (χ0n) is 14.7. The first-order valence-corrected chi connectivity index (χ1v) is 9.23. The van der Waals surface area contributed by atoms with Gasteiger partial charge in [0, 0.05) is 24.1 Å². The molecule has 5 heteroatoms. The molecule has 2 aliphatic heterocycles. The van der Waals surface area contributed by atoms with Gasteiger partial charge in [0.15, 0.2) is 5.76 Å². The van der Waals surface area contributed by atoms with Gasteiger partial charge in [-0.05, 0) is 38.3 Å². The van der Waals surface area contributed by atoms with E-state index >= 15 is 0 Å². The smallest absolute Gasteiger partial charge is 0.209 e. The fourth-order valence-electron chi connectivity index (χ4n) is 4.18. The fourth-order valence-corrected chi connectivity index (χ4v) is 4.18. The number of ether oxygens (including phenoxy) is 1. The molecule has 134 valence electrons. The van der Waals surface area contributed by atoms with Crippen LogP contribution in [0.15, 0.2) is 34.9 Å². The number of hydrogen-bond donors (Lipinski definition) is 1. The van der Waals surface area contributed by atoms with Crippen LogP contribution in [-0.4, -0.2) is 46.9 Å². The van der Waals surface area contributed by atoms with Gasteiger partial charge < -0.3 is 14.3 Å². The number of oxazole rings is 1. The number of benzene rings is 1. The second-order valence-corrected chi connectivity index (χ2v) is 7.21. The molecule has 0 saturated carbocycles. The predicted molar refractivity (Wildman–Crippen MR) is 95.0 cm³/mol. The van der Waals surface area contributed by atoms with Crippen LogP contribution in [0.3, 0.4) is 0 Å². The topological polar surface area (TPSA) is 58.7 Å². The fraction of sp³-hybridized carbons (Fsp3) is 0.550. The lowest BCUT2D eigenvalue weighted by atomic mass is 9.89. The second kappa shape index (κ2) is 7.28. The quantitative estimate of drug-likeness (QED) is 0.925. The highest BCUT2D eigenvalue weighted by atomic mass is 16.5. The van der Waals surface area contributed by atoms with Gasteiger partial charge in [0.2, 0.25) is 5.89 Å². The molecule has 0 spiro atoms. The Kier molecular flexibility index (Phi) is 4.88. The average molecular weight is 342 g/mol. The summed E-state index contributed by atoms with van der Waals surface area (Å²) in [7, 11) is 0. The molecular weight excluding hydrogens is 316 g/mol. The predicted octanol–water partition coefficient (Wildman–Crippen LogP) is 3.01. The van der Waals surface area contributed by atoms with Crippen molar-refractivity contribution in [2.24, 2.45) is 5.92 Å². The zero-order chi connectivity index (χ0) is 17.2. The first kappa shape index (κ1) is 16.8. The minimum absolute atomic E-state index is 0.196.